The van der Waals surface area contributed by atoms with Crippen molar-refractivity contribution >= 4 is 11.9 Å². The average Bonchev–Trinajstić information content (AvgIpc) is 3.04. The van der Waals surface area contributed by atoms with Gasteiger partial charge in [-0.1, -0.05) is 58.9 Å². The number of amides is 1. The van der Waals surface area contributed by atoms with Gasteiger partial charge in [-0.3, -0.25) is 9.59 Å². The third-order valence-electron chi connectivity index (χ3n) is 6.09. The predicted molar refractivity (Wildman–Crippen MR) is 131 cm³/mol. The standard InChI is InChI=1S/C28H37NO4/c1-19(2)18-29(14-13-25(30)31)26(32)21-9-12-24-22(15-21)17-28(6,33-24)16-20-7-10-23(11-8-20)27(3,4)5/h7-12,15,19H,13-14,16-18H2,1-6H3,(H,30,31)/t28-/m1/s1. The lowest BCUT2D eigenvalue weighted by Gasteiger charge is -2.25. The highest BCUT2D eigenvalue weighted by Crippen LogP contribution is 2.38. The lowest BCUT2D eigenvalue weighted by Crippen LogP contribution is -2.36. The number of nitrogens with zero attached hydrogens (tertiary/aromatic N) is 1. The van der Waals surface area contributed by atoms with Crippen molar-refractivity contribution in [2.45, 2.75) is 71.8 Å². The zero-order valence-electron chi connectivity index (χ0n) is 20.8. The maximum Gasteiger partial charge on any atom is 0.305 e. The number of fused-ring (bicyclic) bond motifs is 1. The van der Waals surface area contributed by atoms with Crippen LogP contribution in [-0.4, -0.2) is 40.6 Å². The summed E-state index contributed by atoms with van der Waals surface area (Å²) in [5, 5.41) is 9.05. The van der Waals surface area contributed by atoms with E-state index in [2.05, 4.69) is 52.0 Å². The van der Waals surface area contributed by atoms with E-state index in [1.807, 2.05) is 26.0 Å². The van der Waals surface area contributed by atoms with E-state index in [0.29, 0.717) is 12.1 Å². The third-order valence-corrected chi connectivity index (χ3v) is 6.09. The van der Waals surface area contributed by atoms with Gasteiger partial charge < -0.3 is 14.7 Å². The molecule has 0 spiro atoms. The largest absolute Gasteiger partial charge is 0.487 e. The topological polar surface area (TPSA) is 66.8 Å². The number of hydrogen-bond acceptors (Lipinski definition) is 3. The molecule has 2 aromatic carbocycles. The first kappa shape index (κ1) is 24.8. The minimum absolute atomic E-state index is 0.0570. The van der Waals surface area contributed by atoms with Gasteiger partial charge in [-0.05, 0) is 53.1 Å². The van der Waals surface area contributed by atoms with Crippen molar-refractivity contribution in [3.63, 3.8) is 0 Å². The van der Waals surface area contributed by atoms with Gasteiger partial charge in [-0.2, -0.15) is 0 Å². The molecule has 3 rings (SSSR count). The first-order valence-electron chi connectivity index (χ1n) is 11.8. The summed E-state index contributed by atoms with van der Waals surface area (Å²) in [7, 11) is 0. The molecule has 0 saturated heterocycles. The summed E-state index contributed by atoms with van der Waals surface area (Å²) in [5.74, 6) is 0.0547. The van der Waals surface area contributed by atoms with E-state index in [1.165, 1.54) is 11.1 Å². The monoisotopic (exact) mass is 451 g/mol. The second-order valence-electron chi connectivity index (χ2n) is 11.0. The molecule has 0 unspecified atom stereocenters. The Morgan fingerprint density at radius 3 is 2.36 bits per heavy atom. The molecule has 1 heterocycles. The summed E-state index contributed by atoms with van der Waals surface area (Å²) in [6.07, 6.45) is 1.45. The molecule has 178 valence electrons. The molecule has 5 heteroatoms. The van der Waals surface area contributed by atoms with Crippen LogP contribution in [0.4, 0.5) is 0 Å². The molecule has 1 aliphatic rings. The number of aliphatic carboxylic acids is 1. The molecule has 0 saturated carbocycles. The molecule has 0 fully saturated rings. The fourth-order valence-electron chi connectivity index (χ4n) is 4.44. The van der Waals surface area contributed by atoms with Gasteiger partial charge in [0.15, 0.2) is 0 Å². The minimum Gasteiger partial charge on any atom is -0.487 e. The number of carbonyl (C=O) groups excluding carboxylic acids is 1. The Morgan fingerprint density at radius 2 is 1.79 bits per heavy atom. The second-order valence-corrected chi connectivity index (χ2v) is 11.0. The maximum absolute atomic E-state index is 13.2. The Kier molecular flexibility index (Phi) is 7.20. The summed E-state index contributed by atoms with van der Waals surface area (Å²) >= 11 is 0. The molecule has 1 atom stereocenters. The van der Waals surface area contributed by atoms with Crippen molar-refractivity contribution in [3.05, 3.63) is 64.7 Å². The summed E-state index contributed by atoms with van der Waals surface area (Å²) in [6, 6.07) is 14.3. The van der Waals surface area contributed by atoms with Crippen LogP contribution in [0.15, 0.2) is 42.5 Å². The van der Waals surface area contributed by atoms with Gasteiger partial charge in [0.1, 0.15) is 11.4 Å². The molecule has 33 heavy (non-hydrogen) atoms. The van der Waals surface area contributed by atoms with Crippen LogP contribution in [0, 0.1) is 5.92 Å². The Morgan fingerprint density at radius 1 is 1.12 bits per heavy atom. The summed E-state index contributed by atoms with van der Waals surface area (Å²) < 4.78 is 6.33. The van der Waals surface area contributed by atoms with Crippen LogP contribution in [0.25, 0.3) is 0 Å². The number of ether oxygens (including phenoxy) is 1. The number of hydrogen-bond donors (Lipinski definition) is 1. The van der Waals surface area contributed by atoms with Crippen molar-refractivity contribution in [2.24, 2.45) is 5.92 Å². The first-order chi connectivity index (χ1) is 15.4. The van der Waals surface area contributed by atoms with E-state index in [0.717, 1.165) is 24.2 Å². The van der Waals surface area contributed by atoms with Gasteiger partial charge in [0, 0.05) is 31.5 Å². The minimum atomic E-state index is -0.898. The van der Waals surface area contributed by atoms with Gasteiger partial charge in [0.25, 0.3) is 5.91 Å². The fourth-order valence-corrected chi connectivity index (χ4v) is 4.44. The van der Waals surface area contributed by atoms with Crippen molar-refractivity contribution in [2.75, 3.05) is 13.1 Å². The van der Waals surface area contributed by atoms with E-state index in [9.17, 15) is 9.59 Å². The van der Waals surface area contributed by atoms with Crippen molar-refractivity contribution < 1.29 is 19.4 Å². The molecule has 5 nitrogen and oxygen atoms in total. The number of carboxylic acids is 1. The Hall–Kier alpha value is -2.82. The molecule has 2 aromatic rings. The van der Waals surface area contributed by atoms with Gasteiger partial charge >= 0.3 is 5.97 Å². The van der Waals surface area contributed by atoms with Crippen molar-refractivity contribution in [3.8, 4) is 5.75 Å². The first-order valence-corrected chi connectivity index (χ1v) is 11.8. The highest BCUT2D eigenvalue weighted by molar-refractivity contribution is 5.95. The van der Waals surface area contributed by atoms with Crippen LogP contribution in [0.3, 0.4) is 0 Å². The molecule has 0 bridgehead atoms. The summed E-state index contributed by atoms with van der Waals surface area (Å²) in [6.45, 7) is 13.5. The van der Waals surface area contributed by atoms with Crippen LogP contribution >= 0.6 is 0 Å². The predicted octanol–water partition coefficient (Wildman–Crippen LogP) is 5.49. The quantitative estimate of drug-likeness (QED) is 0.576. The third kappa shape index (κ3) is 6.37. The van der Waals surface area contributed by atoms with E-state index >= 15 is 0 Å². The Balaban J connectivity index is 1.73. The van der Waals surface area contributed by atoms with E-state index in [4.69, 9.17) is 9.84 Å². The molecule has 0 aromatic heterocycles. The van der Waals surface area contributed by atoms with Gasteiger partial charge in [-0.15, -0.1) is 0 Å². The molecule has 0 radical (unpaired) electrons. The number of carbonyl (C=O) groups is 2. The lowest BCUT2D eigenvalue weighted by molar-refractivity contribution is -0.137. The second kappa shape index (κ2) is 9.58. The zero-order valence-corrected chi connectivity index (χ0v) is 20.8. The molecular weight excluding hydrogens is 414 g/mol. The van der Waals surface area contributed by atoms with Crippen LogP contribution in [0.1, 0.15) is 75.0 Å². The van der Waals surface area contributed by atoms with Gasteiger partial charge in [0.2, 0.25) is 0 Å². The van der Waals surface area contributed by atoms with E-state index in [1.54, 1.807) is 11.0 Å². The fraction of sp³-hybridized carbons (Fsp3) is 0.500. The highest BCUT2D eigenvalue weighted by Gasteiger charge is 2.35. The number of carboxylic acid groups (broad SMARTS) is 1. The van der Waals surface area contributed by atoms with E-state index < -0.39 is 5.97 Å². The van der Waals surface area contributed by atoms with Crippen LogP contribution in [0.2, 0.25) is 0 Å². The molecule has 0 aliphatic carbocycles. The number of rotatable bonds is 8. The van der Waals surface area contributed by atoms with Crippen LogP contribution < -0.4 is 4.74 Å². The summed E-state index contributed by atoms with van der Waals surface area (Å²) in [4.78, 5) is 25.8. The zero-order chi connectivity index (χ0) is 24.4. The Labute approximate surface area is 197 Å². The molecule has 1 amide bonds. The van der Waals surface area contributed by atoms with Gasteiger partial charge in [0.05, 0.1) is 6.42 Å². The maximum atomic E-state index is 13.2. The highest BCUT2D eigenvalue weighted by atomic mass is 16.5. The smallest absolute Gasteiger partial charge is 0.305 e. The molecule has 1 aliphatic heterocycles. The lowest BCUT2D eigenvalue weighted by atomic mass is 9.85. The summed E-state index contributed by atoms with van der Waals surface area (Å²) in [5.41, 5.74) is 3.91. The van der Waals surface area contributed by atoms with E-state index in [-0.39, 0.29) is 35.8 Å². The Bertz CT molecular complexity index is 1000. The van der Waals surface area contributed by atoms with Gasteiger partial charge in [-0.25, -0.2) is 0 Å². The van der Waals surface area contributed by atoms with Crippen LogP contribution in [-0.2, 0) is 23.1 Å². The average molecular weight is 452 g/mol. The van der Waals surface area contributed by atoms with Crippen molar-refractivity contribution in [1.82, 2.24) is 4.90 Å². The van der Waals surface area contributed by atoms with Crippen molar-refractivity contribution in [1.29, 1.82) is 0 Å². The molecule has 1 N–H and O–H groups in total. The SMILES string of the molecule is CC(C)CN(CCC(=O)O)C(=O)c1ccc2c(c1)C[C@@](C)(Cc1ccc(C(C)(C)C)cc1)O2. The molecular formula is C28H37NO4. The van der Waals surface area contributed by atoms with Crippen LogP contribution in [0.5, 0.6) is 5.75 Å². The number of benzene rings is 2. The normalized spacial score (nSPS) is 17.5.